The van der Waals surface area contributed by atoms with Gasteiger partial charge in [0.25, 0.3) is 5.91 Å². The molecule has 2 fully saturated rings. The van der Waals surface area contributed by atoms with E-state index in [1.807, 2.05) is 19.1 Å². The third-order valence-electron chi connectivity index (χ3n) is 4.04. The number of carbonyl (C=O) groups is 1. The van der Waals surface area contributed by atoms with Crippen LogP contribution in [0.2, 0.25) is 0 Å². The van der Waals surface area contributed by atoms with Crippen LogP contribution in [-0.4, -0.2) is 23.4 Å². The van der Waals surface area contributed by atoms with Gasteiger partial charge < -0.3 is 10.6 Å². The number of nitrogens with two attached hydrogens (primary N) is 1. The molecule has 2 aliphatic carbocycles. The number of amides is 1. The molecule has 2 N–H and O–H groups in total. The molecule has 0 atom stereocenters. The van der Waals surface area contributed by atoms with Gasteiger partial charge in [-0.05, 0) is 56.2 Å². The van der Waals surface area contributed by atoms with Crippen molar-refractivity contribution >= 4 is 27.5 Å². The summed E-state index contributed by atoms with van der Waals surface area (Å²) in [6.45, 7) is 2.85. The van der Waals surface area contributed by atoms with Gasteiger partial charge in [-0.25, -0.2) is 0 Å². The van der Waals surface area contributed by atoms with Gasteiger partial charge in [0.05, 0.1) is 0 Å². The van der Waals surface area contributed by atoms with Gasteiger partial charge in [-0.2, -0.15) is 0 Å². The number of anilines is 1. The normalized spacial score (nSPS) is 18.4. The summed E-state index contributed by atoms with van der Waals surface area (Å²) in [6, 6.07) is 4.22. The van der Waals surface area contributed by atoms with Crippen LogP contribution in [0.5, 0.6) is 0 Å². The summed E-state index contributed by atoms with van der Waals surface area (Å²) < 4.78 is 0.876. The van der Waals surface area contributed by atoms with E-state index in [4.69, 9.17) is 5.73 Å². The zero-order chi connectivity index (χ0) is 13.6. The quantitative estimate of drug-likeness (QED) is 0.864. The SMILES string of the molecule is Cc1c(N)cc(Br)cc1C(=O)N(CC1CC1)C1CC1. The summed E-state index contributed by atoms with van der Waals surface area (Å²) in [6.07, 6.45) is 4.86. The third kappa shape index (κ3) is 2.78. The monoisotopic (exact) mass is 322 g/mol. The molecule has 0 bridgehead atoms. The standard InChI is InChI=1S/C15H19BrN2O/c1-9-13(6-11(16)7-14(9)17)15(19)18(12-4-5-12)8-10-2-3-10/h6-7,10,12H,2-5,8,17H2,1H3. The first-order valence-electron chi connectivity index (χ1n) is 6.93. The second-order valence-corrected chi connectivity index (χ2v) is 6.72. The van der Waals surface area contributed by atoms with Crippen molar-refractivity contribution in [3.8, 4) is 0 Å². The Balaban J connectivity index is 1.88. The van der Waals surface area contributed by atoms with E-state index in [1.54, 1.807) is 0 Å². The van der Waals surface area contributed by atoms with Crippen molar-refractivity contribution in [2.75, 3.05) is 12.3 Å². The van der Waals surface area contributed by atoms with Crippen molar-refractivity contribution in [2.45, 2.75) is 38.6 Å². The average molecular weight is 323 g/mol. The molecular formula is C15H19BrN2O. The Kier molecular flexibility index (Phi) is 3.29. The van der Waals surface area contributed by atoms with Gasteiger partial charge in [-0.3, -0.25) is 4.79 Å². The van der Waals surface area contributed by atoms with Crippen molar-refractivity contribution in [1.29, 1.82) is 0 Å². The number of hydrogen-bond acceptors (Lipinski definition) is 2. The second-order valence-electron chi connectivity index (χ2n) is 5.80. The molecule has 102 valence electrons. The first-order valence-corrected chi connectivity index (χ1v) is 7.72. The summed E-state index contributed by atoms with van der Waals surface area (Å²) in [5.74, 6) is 0.884. The molecule has 0 unspecified atom stereocenters. The molecule has 3 nitrogen and oxygen atoms in total. The van der Waals surface area contributed by atoms with E-state index in [0.29, 0.717) is 11.7 Å². The maximum Gasteiger partial charge on any atom is 0.254 e. The van der Waals surface area contributed by atoms with Crippen LogP contribution in [0.3, 0.4) is 0 Å². The summed E-state index contributed by atoms with van der Waals surface area (Å²) >= 11 is 3.43. The summed E-state index contributed by atoms with van der Waals surface area (Å²) in [4.78, 5) is 14.8. The highest BCUT2D eigenvalue weighted by atomic mass is 79.9. The fourth-order valence-electron chi connectivity index (χ4n) is 2.44. The molecule has 0 aromatic heterocycles. The predicted octanol–water partition coefficient (Wildman–Crippen LogP) is 3.35. The smallest absolute Gasteiger partial charge is 0.254 e. The lowest BCUT2D eigenvalue weighted by Crippen LogP contribution is -2.35. The van der Waals surface area contributed by atoms with Crippen molar-refractivity contribution in [3.05, 3.63) is 27.7 Å². The van der Waals surface area contributed by atoms with Crippen LogP contribution in [0.25, 0.3) is 0 Å². The van der Waals surface area contributed by atoms with E-state index in [-0.39, 0.29) is 5.91 Å². The number of nitrogens with zero attached hydrogens (tertiary/aromatic N) is 1. The van der Waals surface area contributed by atoms with Gasteiger partial charge >= 0.3 is 0 Å². The van der Waals surface area contributed by atoms with Gasteiger partial charge in [0.2, 0.25) is 0 Å². The van der Waals surface area contributed by atoms with Crippen LogP contribution in [0.1, 0.15) is 41.6 Å². The van der Waals surface area contributed by atoms with Crippen LogP contribution in [0, 0.1) is 12.8 Å². The number of benzene rings is 1. The fourth-order valence-corrected chi connectivity index (χ4v) is 2.92. The lowest BCUT2D eigenvalue weighted by molar-refractivity contribution is 0.0734. The fraction of sp³-hybridized carbons (Fsp3) is 0.533. The molecular weight excluding hydrogens is 304 g/mol. The molecule has 2 aliphatic rings. The maximum atomic E-state index is 12.8. The van der Waals surface area contributed by atoms with Crippen LogP contribution < -0.4 is 5.73 Å². The number of carbonyl (C=O) groups excluding carboxylic acids is 1. The number of hydrogen-bond donors (Lipinski definition) is 1. The second kappa shape index (κ2) is 4.82. The van der Waals surface area contributed by atoms with Crippen LogP contribution in [0.15, 0.2) is 16.6 Å². The van der Waals surface area contributed by atoms with Gasteiger partial charge in [0, 0.05) is 28.3 Å². The number of nitrogen functional groups attached to an aromatic ring is 1. The highest BCUT2D eigenvalue weighted by Gasteiger charge is 2.37. The van der Waals surface area contributed by atoms with Gasteiger partial charge in [0.15, 0.2) is 0 Å². The molecule has 1 amide bonds. The Hall–Kier alpha value is -1.03. The van der Waals surface area contributed by atoms with Crippen LogP contribution in [0.4, 0.5) is 5.69 Å². The van der Waals surface area contributed by atoms with E-state index in [1.165, 1.54) is 12.8 Å². The maximum absolute atomic E-state index is 12.8. The van der Waals surface area contributed by atoms with Crippen molar-refractivity contribution in [2.24, 2.45) is 5.92 Å². The zero-order valence-corrected chi connectivity index (χ0v) is 12.7. The molecule has 0 heterocycles. The van der Waals surface area contributed by atoms with E-state index < -0.39 is 0 Å². The van der Waals surface area contributed by atoms with Crippen molar-refractivity contribution < 1.29 is 4.79 Å². The van der Waals surface area contributed by atoms with E-state index in [0.717, 1.165) is 40.9 Å². The lowest BCUT2D eigenvalue weighted by atomic mass is 10.1. The minimum Gasteiger partial charge on any atom is -0.398 e. The number of halogens is 1. The Morgan fingerprint density at radius 3 is 2.63 bits per heavy atom. The summed E-state index contributed by atoms with van der Waals surface area (Å²) in [5, 5.41) is 0. The predicted molar refractivity (Wildman–Crippen MR) is 80.1 cm³/mol. The molecule has 3 rings (SSSR count). The Bertz CT molecular complexity index is 521. The number of rotatable bonds is 4. The topological polar surface area (TPSA) is 46.3 Å². The molecule has 4 heteroatoms. The largest absolute Gasteiger partial charge is 0.398 e. The molecule has 1 aromatic rings. The van der Waals surface area contributed by atoms with E-state index >= 15 is 0 Å². The lowest BCUT2D eigenvalue weighted by Gasteiger charge is -2.23. The molecule has 2 saturated carbocycles. The van der Waals surface area contributed by atoms with Crippen molar-refractivity contribution in [1.82, 2.24) is 4.90 Å². The first kappa shape index (κ1) is 13.0. The van der Waals surface area contributed by atoms with Gasteiger partial charge in [0.1, 0.15) is 0 Å². The van der Waals surface area contributed by atoms with Gasteiger partial charge in [-0.15, -0.1) is 0 Å². The minimum atomic E-state index is 0.153. The van der Waals surface area contributed by atoms with E-state index in [2.05, 4.69) is 20.8 Å². The Morgan fingerprint density at radius 2 is 2.05 bits per heavy atom. The van der Waals surface area contributed by atoms with E-state index in [9.17, 15) is 4.79 Å². The highest BCUT2D eigenvalue weighted by Crippen LogP contribution is 2.36. The minimum absolute atomic E-state index is 0.153. The molecule has 0 spiro atoms. The molecule has 19 heavy (non-hydrogen) atoms. The Labute approximate surface area is 122 Å². The molecule has 0 radical (unpaired) electrons. The third-order valence-corrected chi connectivity index (χ3v) is 4.50. The van der Waals surface area contributed by atoms with Gasteiger partial charge in [-0.1, -0.05) is 15.9 Å². The zero-order valence-electron chi connectivity index (χ0n) is 11.2. The summed E-state index contributed by atoms with van der Waals surface area (Å²) in [7, 11) is 0. The highest BCUT2D eigenvalue weighted by molar-refractivity contribution is 9.10. The molecule has 1 aromatic carbocycles. The summed E-state index contributed by atoms with van der Waals surface area (Å²) in [5.41, 5.74) is 8.29. The van der Waals surface area contributed by atoms with Crippen LogP contribution >= 0.6 is 15.9 Å². The molecule has 0 aliphatic heterocycles. The first-order chi connectivity index (χ1) is 9.06. The Morgan fingerprint density at radius 1 is 1.37 bits per heavy atom. The van der Waals surface area contributed by atoms with Crippen molar-refractivity contribution in [3.63, 3.8) is 0 Å². The average Bonchev–Trinajstić information content (AvgIpc) is 3.23. The van der Waals surface area contributed by atoms with Crippen LogP contribution in [-0.2, 0) is 0 Å². The molecule has 0 saturated heterocycles.